The van der Waals surface area contributed by atoms with Crippen LogP contribution in [0.4, 0.5) is 0 Å². The summed E-state index contributed by atoms with van der Waals surface area (Å²) in [6.07, 6.45) is 0. The first-order chi connectivity index (χ1) is 8.18. The van der Waals surface area contributed by atoms with Gasteiger partial charge in [0.15, 0.2) is 0 Å². The second-order valence-corrected chi connectivity index (χ2v) is 5.42. The highest BCUT2D eigenvalue weighted by molar-refractivity contribution is 9.10. The van der Waals surface area contributed by atoms with Crippen LogP contribution < -0.4 is 5.73 Å². The second-order valence-electron chi connectivity index (χ2n) is 4.50. The molecular weight excluding hydrogens is 280 g/mol. The molecule has 0 bridgehead atoms. The van der Waals surface area contributed by atoms with Crippen molar-refractivity contribution in [1.29, 1.82) is 0 Å². The fourth-order valence-electron chi connectivity index (χ4n) is 2.36. The molecule has 1 aromatic carbocycles. The number of benzene rings is 1. The molecule has 0 aromatic heterocycles. The first-order valence-electron chi connectivity index (χ1n) is 6.01. The second kappa shape index (κ2) is 5.96. The minimum Gasteiger partial charge on any atom is -0.379 e. The lowest BCUT2D eigenvalue weighted by Gasteiger charge is -2.37. The molecule has 1 aliphatic rings. The molecule has 0 aliphatic carbocycles. The van der Waals surface area contributed by atoms with E-state index in [-0.39, 0.29) is 12.1 Å². The van der Waals surface area contributed by atoms with Gasteiger partial charge in [-0.05, 0) is 24.6 Å². The Kier molecular flexibility index (Phi) is 4.56. The standard InChI is InChI=1S/C13H19BrN2O/c1-10(15)13(16-6-8-17-9-7-16)11-2-4-12(14)5-3-11/h2-5,10,13H,6-9,15H2,1H3. The van der Waals surface area contributed by atoms with Crippen LogP contribution in [0.1, 0.15) is 18.5 Å². The number of hydrogen-bond donors (Lipinski definition) is 1. The Bertz CT molecular complexity index is 347. The van der Waals surface area contributed by atoms with Crippen molar-refractivity contribution < 1.29 is 4.74 Å². The van der Waals surface area contributed by atoms with Gasteiger partial charge in [-0.25, -0.2) is 0 Å². The maximum Gasteiger partial charge on any atom is 0.0594 e. The van der Waals surface area contributed by atoms with Gasteiger partial charge in [-0.15, -0.1) is 0 Å². The average Bonchev–Trinajstić information content (AvgIpc) is 2.33. The molecule has 0 saturated carbocycles. The summed E-state index contributed by atoms with van der Waals surface area (Å²) < 4.78 is 6.50. The SMILES string of the molecule is CC(N)C(c1ccc(Br)cc1)N1CCOCC1. The van der Waals surface area contributed by atoms with Crippen molar-refractivity contribution in [3.8, 4) is 0 Å². The molecule has 1 heterocycles. The smallest absolute Gasteiger partial charge is 0.0594 e. The van der Waals surface area contributed by atoms with E-state index in [0.717, 1.165) is 30.8 Å². The molecule has 2 unspecified atom stereocenters. The van der Waals surface area contributed by atoms with E-state index < -0.39 is 0 Å². The minimum atomic E-state index is 0.120. The molecule has 0 spiro atoms. The first kappa shape index (κ1) is 13.0. The Balaban J connectivity index is 2.18. The van der Waals surface area contributed by atoms with Gasteiger partial charge in [0.1, 0.15) is 0 Å². The molecule has 1 aromatic rings. The van der Waals surface area contributed by atoms with Gasteiger partial charge in [0.2, 0.25) is 0 Å². The van der Waals surface area contributed by atoms with Gasteiger partial charge in [-0.3, -0.25) is 4.90 Å². The number of morpholine rings is 1. The lowest BCUT2D eigenvalue weighted by Crippen LogP contribution is -2.45. The molecule has 3 nitrogen and oxygen atoms in total. The molecule has 0 radical (unpaired) electrons. The average molecular weight is 299 g/mol. The van der Waals surface area contributed by atoms with Gasteiger partial charge < -0.3 is 10.5 Å². The van der Waals surface area contributed by atoms with Crippen LogP contribution in [0, 0.1) is 0 Å². The molecule has 2 N–H and O–H groups in total. The van der Waals surface area contributed by atoms with Gasteiger partial charge in [-0.1, -0.05) is 28.1 Å². The maximum absolute atomic E-state index is 6.14. The highest BCUT2D eigenvalue weighted by atomic mass is 79.9. The van der Waals surface area contributed by atoms with Crippen LogP contribution >= 0.6 is 15.9 Å². The third-order valence-corrected chi connectivity index (χ3v) is 3.68. The highest BCUT2D eigenvalue weighted by Crippen LogP contribution is 2.25. The van der Waals surface area contributed by atoms with Crippen molar-refractivity contribution in [2.24, 2.45) is 5.73 Å². The number of nitrogens with two attached hydrogens (primary N) is 1. The number of ether oxygens (including phenoxy) is 1. The minimum absolute atomic E-state index is 0.120. The van der Waals surface area contributed by atoms with E-state index in [9.17, 15) is 0 Å². The van der Waals surface area contributed by atoms with Gasteiger partial charge in [0, 0.05) is 29.6 Å². The molecule has 94 valence electrons. The van der Waals surface area contributed by atoms with E-state index >= 15 is 0 Å². The molecule has 4 heteroatoms. The van der Waals surface area contributed by atoms with Crippen LogP contribution in [0.3, 0.4) is 0 Å². The number of rotatable bonds is 3. The number of nitrogens with zero attached hydrogens (tertiary/aromatic N) is 1. The number of halogens is 1. The summed E-state index contributed by atoms with van der Waals surface area (Å²) in [7, 11) is 0. The van der Waals surface area contributed by atoms with Crippen molar-refractivity contribution in [2.45, 2.75) is 19.0 Å². The van der Waals surface area contributed by atoms with Crippen molar-refractivity contribution in [3.05, 3.63) is 34.3 Å². The Morgan fingerprint density at radius 1 is 1.24 bits per heavy atom. The largest absolute Gasteiger partial charge is 0.379 e. The zero-order valence-corrected chi connectivity index (χ0v) is 11.7. The van der Waals surface area contributed by atoms with Crippen LogP contribution in [0.25, 0.3) is 0 Å². The summed E-state index contributed by atoms with van der Waals surface area (Å²) in [4.78, 5) is 2.41. The Morgan fingerprint density at radius 3 is 2.35 bits per heavy atom. The molecule has 17 heavy (non-hydrogen) atoms. The predicted octanol–water partition coefficient (Wildman–Crippen LogP) is 2.17. The zero-order valence-electron chi connectivity index (χ0n) is 10.1. The van der Waals surface area contributed by atoms with Crippen LogP contribution in [-0.2, 0) is 4.74 Å². The fourth-order valence-corrected chi connectivity index (χ4v) is 2.63. The number of hydrogen-bond acceptors (Lipinski definition) is 3. The highest BCUT2D eigenvalue weighted by Gasteiger charge is 2.25. The molecule has 2 rings (SSSR count). The zero-order chi connectivity index (χ0) is 12.3. The van der Waals surface area contributed by atoms with Crippen LogP contribution in [0.5, 0.6) is 0 Å². The molecular formula is C13H19BrN2O. The summed E-state index contributed by atoms with van der Waals surface area (Å²) in [6.45, 7) is 5.60. The quantitative estimate of drug-likeness (QED) is 0.929. The van der Waals surface area contributed by atoms with E-state index in [1.165, 1.54) is 5.56 Å². The Hall–Kier alpha value is -0.420. The summed E-state index contributed by atoms with van der Waals surface area (Å²) in [6, 6.07) is 8.85. The van der Waals surface area contributed by atoms with Crippen molar-refractivity contribution in [3.63, 3.8) is 0 Å². The van der Waals surface area contributed by atoms with E-state index in [0.29, 0.717) is 0 Å². The van der Waals surface area contributed by atoms with Crippen molar-refractivity contribution in [2.75, 3.05) is 26.3 Å². The molecule has 1 fully saturated rings. The van der Waals surface area contributed by atoms with Crippen LogP contribution in [-0.4, -0.2) is 37.2 Å². The third-order valence-electron chi connectivity index (χ3n) is 3.15. The van der Waals surface area contributed by atoms with Crippen molar-refractivity contribution >= 4 is 15.9 Å². The van der Waals surface area contributed by atoms with Crippen molar-refractivity contribution in [1.82, 2.24) is 4.90 Å². The van der Waals surface area contributed by atoms with Crippen LogP contribution in [0.2, 0.25) is 0 Å². The van der Waals surface area contributed by atoms with Gasteiger partial charge in [0.25, 0.3) is 0 Å². The molecule has 0 amide bonds. The molecule has 1 saturated heterocycles. The van der Waals surface area contributed by atoms with E-state index in [4.69, 9.17) is 10.5 Å². The van der Waals surface area contributed by atoms with Gasteiger partial charge in [0.05, 0.1) is 13.2 Å². The summed E-state index contributed by atoms with van der Waals surface area (Å²) in [5, 5.41) is 0. The topological polar surface area (TPSA) is 38.5 Å². The predicted molar refractivity (Wildman–Crippen MR) is 72.9 cm³/mol. The Morgan fingerprint density at radius 2 is 1.82 bits per heavy atom. The summed E-state index contributed by atoms with van der Waals surface area (Å²) in [5.41, 5.74) is 7.43. The third kappa shape index (κ3) is 3.28. The summed E-state index contributed by atoms with van der Waals surface area (Å²) >= 11 is 3.46. The lowest BCUT2D eigenvalue weighted by molar-refractivity contribution is 0.0116. The van der Waals surface area contributed by atoms with E-state index in [1.54, 1.807) is 0 Å². The van der Waals surface area contributed by atoms with Gasteiger partial charge >= 0.3 is 0 Å². The van der Waals surface area contributed by atoms with Gasteiger partial charge in [-0.2, -0.15) is 0 Å². The molecule has 2 atom stereocenters. The lowest BCUT2D eigenvalue weighted by atomic mass is 9.99. The van der Waals surface area contributed by atoms with E-state index in [1.807, 2.05) is 0 Å². The maximum atomic E-state index is 6.14. The molecule has 1 aliphatic heterocycles. The van der Waals surface area contributed by atoms with Crippen LogP contribution in [0.15, 0.2) is 28.7 Å². The Labute approximate surface area is 111 Å². The fraction of sp³-hybridized carbons (Fsp3) is 0.538. The monoisotopic (exact) mass is 298 g/mol. The first-order valence-corrected chi connectivity index (χ1v) is 6.80. The summed E-state index contributed by atoms with van der Waals surface area (Å²) in [5.74, 6) is 0. The normalized spacial score (nSPS) is 21.1. The van der Waals surface area contributed by atoms with E-state index in [2.05, 4.69) is 52.0 Å².